The number of aryl methyl sites for hydroxylation is 1. The van der Waals surface area contributed by atoms with Gasteiger partial charge in [0.15, 0.2) is 0 Å². The van der Waals surface area contributed by atoms with E-state index in [4.69, 9.17) is 11.6 Å². The Bertz CT molecular complexity index is 1370. The number of hydrogen-bond donors (Lipinski definition) is 1. The number of anilines is 1. The first kappa shape index (κ1) is 26.5. The molecule has 0 radical (unpaired) electrons. The Kier molecular flexibility index (Phi) is 6.74. The molecule has 1 unspecified atom stereocenters. The van der Waals surface area contributed by atoms with Crippen LogP contribution < -0.4 is 5.32 Å². The van der Waals surface area contributed by atoms with E-state index in [1.165, 1.54) is 19.1 Å². The molecule has 0 aliphatic carbocycles. The second-order valence-corrected chi connectivity index (χ2v) is 9.26. The zero-order valence-electron chi connectivity index (χ0n) is 19.5. The van der Waals surface area contributed by atoms with Gasteiger partial charge in [0.2, 0.25) is 0 Å². The molecule has 3 aromatic carbocycles. The van der Waals surface area contributed by atoms with Gasteiger partial charge in [-0.15, -0.1) is 0 Å². The molecule has 1 N–H and O–H groups in total. The topological polar surface area (TPSA) is 44.7 Å². The third-order valence-electron chi connectivity index (χ3n) is 6.19. The van der Waals surface area contributed by atoms with Gasteiger partial charge >= 0.3 is 18.4 Å². The van der Waals surface area contributed by atoms with Crippen LogP contribution in [0.2, 0.25) is 5.02 Å². The van der Waals surface area contributed by atoms with Crippen molar-refractivity contribution in [2.45, 2.75) is 31.6 Å². The van der Waals surface area contributed by atoms with Crippen LogP contribution >= 0.6 is 11.6 Å². The number of nitrogens with one attached hydrogen (secondary N) is 1. The third-order valence-corrected chi connectivity index (χ3v) is 6.50. The molecule has 37 heavy (non-hydrogen) atoms. The Labute approximate surface area is 213 Å². The van der Waals surface area contributed by atoms with Crippen LogP contribution in [0.15, 0.2) is 71.8 Å². The van der Waals surface area contributed by atoms with E-state index in [0.717, 1.165) is 34.8 Å². The largest absolute Gasteiger partial charge is 0.417 e. The molecule has 0 bridgehead atoms. The SMILES string of the molecule is Cc1cc(NC(=O)N2CC(C)(c3ccccc3)C(c3ccc(C(F)(F)F)c(Cl)c3)=N2)ccc1C(F)(F)F. The first-order valence-electron chi connectivity index (χ1n) is 11.0. The molecule has 3 aromatic rings. The molecule has 1 aliphatic rings. The standard InChI is InChI=1S/C26H20ClF6N3O/c1-15-12-18(9-11-19(15)25(28,29)30)34-23(37)36-14-24(2,17-6-4-3-5-7-17)22(35-36)16-8-10-20(21(27)13-16)26(31,32)33/h3-13H,14H2,1-2H3,(H,34,37). The fourth-order valence-corrected chi connectivity index (χ4v) is 4.60. The van der Waals surface area contributed by atoms with Gasteiger partial charge in [0, 0.05) is 11.3 Å². The highest BCUT2D eigenvalue weighted by molar-refractivity contribution is 6.32. The summed E-state index contributed by atoms with van der Waals surface area (Å²) in [6, 6.07) is 14.7. The van der Waals surface area contributed by atoms with E-state index in [9.17, 15) is 31.1 Å². The molecule has 0 spiro atoms. The lowest BCUT2D eigenvalue weighted by molar-refractivity contribution is -0.138. The average Bonchev–Trinajstić information content (AvgIpc) is 3.17. The van der Waals surface area contributed by atoms with Crippen LogP contribution in [0.3, 0.4) is 0 Å². The monoisotopic (exact) mass is 539 g/mol. The van der Waals surface area contributed by atoms with Gasteiger partial charge in [0.05, 0.1) is 33.8 Å². The number of halogens is 7. The maximum Gasteiger partial charge on any atom is 0.417 e. The summed E-state index contributed by atoms with van der Waals surface area (Å²) in [6.45, 7) is 3.10. The number of amides is 2. The number of nitrogens with zero attached hydrogens (tertiary/aromatic N) is 2. The van der Waals surface area contributed by atoms with E-state index in [1.807, 2.05) is 12.1 Å². The van der Waals surface area contributed by atoms with Crippen molar-refractivity contribution >= 4 is 29.0 Å². The van der Waals surface area contributed by atoms with Crippen LogP contribution in [0.1, 0.15) is 34.7 Å². The van der Waals surface area contributed by atoms with Crippen molar-refractivity contribution in [2.24, 2.45) is 5.10 Å². The molecule has 194 valence electrons. The van der Waals surface area contributed by atoms with Crippen LogP contribution in [0.4, 0.5) is 36.8 Å². The molecule has 1 heterocycles. The molecule has 4 nitrogen and oxygen atoms in total. The Morgan fingerprint density at radius 2 is 1.57 bits per heavy atom. The predicted molar refractivity (Wildman–Crippen MR) is 129 cm³/mol. The average molecular weight is 540 g/mol. The summed E-state index contributed by atoms with van der Waals surface area (Å²) in [5.74, 6) is 0. The summed E-state index contributed by atoms with van der Waals surface area (Å²) in [5, 5.41) is 7.55. The lowest BCUT2D eigenvalue weighted by Crippen LogP contribution is -2.38. The van der Waals surface area contributed by atoms with Crippen molar-refractivity contribution < 1.29 is 31.1 Å². The smallest absolute Gasteiger partial charge is 0.306 e. The van der Waals surface area contributed by atoms with E-state index < -0.39 is 39.9 Å². The minimum absolute atomic E-state index is 0.0242. The van der Waals surface area contributed by atoms with Crippen LogP contribution in [0.5, 0.6) is 0 Å². The summed E-state index contributed by atoms with van der Waals surface area (Å²) < 4.78 is 78.9. The zero-order valence-corrected chi connectivity index (χ0v) is 20.3. The number of urea groups is 1. The van der Waals surface area contributed by atoms with E-state index >= 15 is 0 Å². The number of carbonyl (C=O) groups excluding carboxylic acids is 1. The highest BCUT2D eigenvalue weighted by Crippen LogP contribution is 2.39. The normalized spacial score (nSPS) is 18.1. The number of hydrazone groups is 1. The van der Waals surface area contributed by atoms with Crippen molar-refractivity contribution in [1.29, 1.82) is 0 Å². The summed E-state index contributed by atoms with van der Waals surface area (Å²) in [6.07, 6.45) is -9.16. The van der Waals surface area contributed by atoms with Crippen LogP contribution in [-0.4, -0.2) is 23.3 Å². The van der Waals surface area contributed by atoms with Crippen molar-refractivity contribution in [1.82, 2.24) is 5.01 Å². The number of rotatable bonds is 3. The Morgan fingerprint density at radius 1 is 0.946 bits per heavy atom. The minimum Gasteiger partial charge on any atom is -0.306 e. The van der Waals surface area contributed by atoms with Gasteiger partial charge in [-0.05, 0) is 55.3 Å². The summed E-state index contributed by atoms with van der Waals surface area (Å²) >= 11 is 5.95. The predicted octanol–water partition coefficient (Wildman–Crippen LogP) is 7.90. The summed E-state index contributed by atoms with van der Waals surface area (Å²) in [4.78, 5) is 13.1. The molecule has 0 saturated carbocycles. The molecule has 1 atom stereocenters. The molecule has 0 aromatic heterocycles. The van der Waals surface area contributed by atoms with Gasteiger partial charge in [-0.25, -0.2) is 9.80 Å². The Morgan fingerprint density at radius 3 is 2.14 bits per heavy atom. The van der Waals surface area contributed by atoms with Crippen molar-refractivity contribution in [3.05, 3.63) is 99.6 Å². The molecular formula is C26H20ClF6N3O. The maximum absolute atomic E-state index is 13.2. The molecule has 0 fully saturated rings. The van der Waals surface area contributed by atoms with E-state index in [1.54, 1.807) is 25.1 Å². The van der Waals surface area contributed by atoms with E-state index in [0.29, 0.717) is 11.3 Å². The van der Waals surface area contributed by atoms with Gasteiger partial charge in [0.1, 0.15) is 0 Å². The van der Waals surface area contributed by atoms with Gasteiger partial charge in [0.25, 0.3) is 0 Å². The molecular weight excluding hydrogens is 520 g/mol. The van der Waals surface area contributed by atoms with Crippen molar-refractivity contribution in [3.63, 3.8) is 0 Å². The fourth-order valence-electron chi connectivity index (χ4n) is 4.31. The number of benzene rings is 3. The molecule has 11 heteroatoms. The molecule has 4 rings (SSSR count). The zero-order chi connectivity index (χ0) is 27.2. The van der Waals surface area contributed by atoms with Crippen molar-refractivity contribution in [3.8, 4) is 0 Å². The number of alkyl halides is 6. The quantitative estimate of drug-likeness (QED) is 0.338. The second-order valence-electron chi connectivity index (χ2n) is 8.85. The Balaban J connectivity index is 1.69. The van der Waals surface area contributed by atoms with Crippen LogP contribution in [0, 0.1) is 6.92 Å². The first-order chi connectivity index (χ1) is 17.2. The minimum atomic E-state index is -4.64. The molecule has 1 aliphatic heterocycles. The Hall–Kier alpha value is -3.53. The third kappa shape index (κ3) is 5.29. The lowest BCUT2D eigenvalue weighted by Gasteiger charge is -2.27. The van der Waals surface area contributed by atoms with Crippen LogP contribution in [-0.2, 0) is 17.8 Å². The van der Waals surface area contributed by atoms with Gasteiger partial charge in [-0.1, -0.05) is 48.0 Å². The summed E-state index contributed by atoms with van der Waals surface area (Å²) in [7, 11) is 0. The van der Waals surface area contributed by atoms with Crippen molar-refractivity contribution in [2.75, 3.05) is 11.9 Å². The fraction of sp³-hybridized carbons (Fsp3) is 0.231. The maximum atomic E-state index is 13.2. The lowest BCUT2D eigenvalue weighted by atomic mass is 9.76. The van der Waals surface area contributed by atoms with E-state index in [2.05, 4.69) is 10.4 Å². The highest BCUT2D eigenvalue weighted by Gasteiger charge is 2.43. The first-order valence-corrected chi connectivity index (χ1v) is 11.4. The van der Waals surface area contributed by atoms with Gasteiger partial charge in [-0.2, -0.15) is 31.4 Å². The highest BCUT2D eigenvalue weighted by atomic mass is 35.5. The van der Waals surface area contributed by atoms with E-state index in [-0.39, 0.29) is 17.8 Å². The number of hydrogen-bond acceptors (Lipinski definition) is 2. The molecule has 0 saturated heterocycles. The molecule has 2 amide bonds. The second kappa shape index (κ2) is 9.41. The van der Waals surface area contributed by atoms with Gasteiger partial charge in [-0.3, -0.25) is 0 Å². The number of carbonyl (C=O) groups is 1. The summed E-state index contributed by atoms with van der Waals surface area (Å²) in [5.41, 5.74) is -1.29. The van der Waals surface area contributed by atoms with Gasteiger partial charge < -0.3 is 5.32 Å². The van der Waals surface area contributed by atoms with Crippen LogP contribution in [0.25, 0.3) is 0 Å².